The maximum atomic E-state index is 13.4. The molecule has 0 radical (unpaired) electrons. The van der Waals surface area contributed by atoms with Gasteiger partial charge in [0.05, 0.1) is 11.1 Å². The van der Waals surface area contributed by atoms with Crippen LogP contribution in [0.3, 0.4) is 0 Å². The third-order valence-corrected chi connectivity index (χ3v) is 8.67. The van der Waals surface area contributed by atoms with E-state index in [1.165, 1.54) is 5.56 Å². The first kappa shape index (κ1) is 34.2. The standard InChI is InChI=1S/C43H43N3O4/c1-4-44-43(47)41-40(35-24-22-31(23-25-35)28-46(5-2)6-3)42(50-45-41)37-26-36(34-20-14-9-15-21-34)38(48-29-32-16-10-7-11-17-32)27-39(37)49-30-33-18-12-8-13-19-33/h7-27H,4-6,28-30H2,1-3H3,(H,44,47). The highest BCUT2D eigenvalue weighted by Gasteiger charge is 2.28. The molecule has 0 bridgehead atoms. The average molecular weight is 666 g/mol. The first-order valence-electron chi connectivity index (χ1n) is 17.2. The molecule has 0 saturated carbocycles. The van der Waals surface area contributed by atoms with Crippen LogP contribution in [0.1, 0.15) is 48.0 Å². The molecule has 0 aliphatic heterocycles. The average Bonchev–Trinajstić information content (AvgIpc) is 3.62. The van der Waals surface area contributed by atoms with Gasteiger partial charge in [-0.15, -0.1) is 0 Å². The van der Waals surface area contributed by atoms with E-state index in [1.807, 2.05) is 110 Å². The molecule has 0 aliphatic rings. The summed E-state index contributed by atoms with van der Waals surface area (Å²) < 4.78 is 19.2. The predicted octanol–water partition coefficient (Wildman–Crippen LogP) is 9.43. The fourth-order valence-electron chi connectivity index (χ4n) is 5.91. The Morgan fingerprint density at radius 3 is 1.78 bits per heavy atom. The van der Waals surface area contributed by atoms with Crippen molar-refractivity contribution in [3.05, 3.63) is 150 Å². The van der Waals surface area contributed by atoms with Crippen LogP contribution >= 0.6 is 0 Å². The SMILES string of the molecule is CCNC(=O)c1noc(-c2cc(-c3ccccc3)c(OCc3ccccc3)cc2OCc2ccccc2)c1-c1ccc(CN(CC)CC)cc1. The third kappa shape index (κ3) is 8.13. The van der Waals surface area contributed by atoms with Gasteiger partial charge in [-0.05, 0) is 53.9 Å². The monoisotopic (exact) mass is 665 g/mol. The van der Waals surface area contributed by atoms with Crippen LogP contribution in [0.25, 0.3) is 33.6 Å². The van der Waals surface area contributed by atoms with Crippen LogP contribution in [-0.4, -0.2) is 35.6 Å². The van der Waals surface area contributed by atoms with E-state index in [-0.39, 0.29) is 11.6 Å². The Labute approximate surface area is 294 Å². The van der Waals surface area contributed by atoms with E-state index in [1.54, 1.807) is 0 Å². The Morgan fingerprint density at radius 1 is 0.660 bits per heavy atom. The molecular weight excluding hydrogens is 622 g/mol. The summed E-state index contributed by atoms with van der Waals surface area (Å²) in [6.07, 6.45) is 0. The number of nitrogens with one attached hydrogen (secondary N) is 1. The molecular formula is C43H43N3O4. The lowest BCUT2D eigenvalue weighted by Crippen LogP contribution is -2.23. The number of ether oxygens (including phenoxy) is 2. The van der Waals surface area contributed by atoms with Crippen molar-refractivity contribution in [3.8, 4) is 45.1 Å². The first-order chi connectivity index (χ1) is 24.6. The van der Waals surface area contributed by atoms with E-state index in [0.717, 1.165) is 47.5 Å². The van der Waals surface area contributed by atoms with Crippen molar-refractivity contribution < 1.29 is 18.8 Å². The molecule has 0 aliphatic carbocycles. The van der Waals surface area contributed by atoms with Crippen molar-refractivity contribution in [1.29, 1.82) is 0 Å². The van der Waals surface area contributed by atoms with Gasteiger partial charge < -0.3 is 19.3 Å². The molecule has 6 rings (SSSR count). The summed E-state index contributed by atoms with van der Waals surface area (Å²) in [6.45, 7) is 10.2. The van der Waals surface area contributed by atoms with Crippen LogP contribution in [0, 0.1) is 0 Å². The number of carbonyl (C=O) groups excluding carboxylic acids is 1. The van der Waals surface area contributed by atoms with Crippen LogP contribution in [0.4, 0.5) is 0 Å². The lowest BCUT2D eigenvalue weighted by molar-refractivity contribution is 0.0947. The number of rotatable bonds is 15. The van der Waals surface area contributed by atoms with Crippen LogP contribution in [0.5, 0.6) is 11.5 Å². The second-order valence-corrected chi connectivity index (χ2v) is 12.0. The molecule has 7 nitrogen and oxygen atoms in total. The predicted molar refractivity (Wildman–Crippen MR) is 199 cm³/mol. The van der Waals surface area contributed by atoms with Crippen molar-refractivity contribution in [2.75, 3.05) is 19.6 Å². The van der Waals surface area contributed by atoms with Crippen LogP contribution in [0.2, 0.25) is 0 Å². The highest BCUT2D eigenvalue weighted by atomic mass is 16.5. The summed E-state index contributed by atoms with van der Waals surface area (Å²) >= 11 is 0. The summed E-state index contributed by atoms with van der Waals surface area (Å²) in [5.41, 5.74) is 7.40. The van der Waals surface area contributed by atoms with Gasteiger partial charge in [0.25, 0.3) is 5.91 Å². The van der Waals surface area contributed by atoms with Gasteiger partial charge in [0.2, 0.25) is 0 Å². The Bertz CT molecular complexity index is 1970. The number of carbonyl (C=O) groups is 1. The second kappa shape index (κ2) is 16.6. The lowest BCUT2D eigenvalue weighted by atomic mass is 9.94. The number of amides is 1. The van der Waals surface area contributed by atoms with Crippen LogP contribution in [-0.2, 0) is 19.8 Å². The van der Waals surface area contributed by atoms with Gasteiger partial charge in [0.15, 0.2) is 11.5 Å². The number of benzene rings is 5. The molecule has 50 heavy (non-hydrogen) atoms. The topological polar surface area (TPSA) is 76.8 Å². The van der Waals surface area contributed by atoms with Gasteiger partial charge in [-0.3, -0.25) is 9.69 Å². The maximum absolute atomic E-state index is 13.4. The highest BCUT2D eigenvalue weighted by molar-refractivity contribution is 6.03. The molecule has 1 aromatic heterocycles. The summed E-state index contributed by atoms with van der Waals surface area (Å²) in [5.74, 6) is 1.35. The zero-order valence-electron chi connectivity index (χ0n) is 28.9. The highest BCUT2D eigenvalue weighted by Crippen LogP contribution is 2.45. The largest absolute Gasteiger partial charge is 0.488 e. The lowest BCUT2D eigenvalue weighted by Gasteiger charge is -2.19. The summed E-state index contributed by atoms with van der Waals surface area (Å²) in [7, 11) is 0. The van der Waals surface area contributed by atoms with Gasteiger partial charge in [-0.25, -0.2) is 0 Å². The van der Waals surface area contributed by atoms with Crippen molar-refractivity contribution in [1.82, 2.24) is 15.4 Å². The smallest absolute Gasteiger partial charge is 0.274 e. The Morgan fingerprint density at radius 2 is 1.22 bits per heavy atom. The van der Waals surface area contributed by atoms with Crippen LogP contribution < -0.4 is 14.8 Å². The van der Waals surface area contributed by atoms with Gasteiger partial charge >= 0.3 is 0 Å². The molecule has 0 fully saturated rings. The maximum Gasteiger partial charge on any atom is 0.274 e. The molecule has 0 atom stereocenters. The Balaban J connectivity index is 1.51. The number of nitrogens with zero attached hydrogens (tertiary/aromatic N) is 2. The molecule has 0 saturated heterocycles. The summed E-state index contributed by atoms with van der Waals surface area (Å²) in [6, 6.07) is 42.4. The minimum atomic E-state index is -0.303. The van der Waals surface area contributed by atoms with Crippen molar-refractivity contribution in [2.24, 2.45) is 0 Å². The summed E-state index contributed by atoms with van der Waals surface area (Å²) in [4.78, 5) is 15.8. The van der Waals surface area contributed by atoms with Gasteiger partial charge in [0.1, 0.15) is 24.7 Å². The van der Waals surface area contributed by atoms with Crippen LogP contribution in [0.15, 0.2) is 132 Å². The number of hydrogen-bond donors (Lipinski definition) is 1. The van der Waals surface area contributed by atoms with E-state index in [2.05, 4.69) is 53.5 Å². The van der Waals surface area contributed by atoms with Crippen molar-refractivity contribution >= 4 is 5.91 Å². The fraction of sp³-hybridized carbons (Fsp3) is 0.209. The molecule has 0 spiro atoms. The van der Waals surface area contributed by atoms with E-state index in [9.17, 15) is 4.79 Å². The molecule has 6 aromatic rings. The van der Waals surface area contributed by atoms with Crippen molar-refractivity contribution in [2.45, 2.75) is 40.5 Å². The first-order valence-corrected chi connectivity index (χ1v) is 17.2. The zero-order valence-corrected chi connectivity index (χ0v) is 28.9. The Kier molecular flexibility index (Phi) is 11.4. The second-order valence-electron chi connectivity index (χ2n) is 12.0. The molecule has 0 unspecified atom stereocenters. The van der Waals surface area contributed by atoms with E-state index < -0.39 is 0 Å². The van der Waals surface area contributed by atoms with Gasteiger partial charge in [0, 0.05) is 24.7 Å². The minimum absolute atomic E-state index is 0.220. The normalized spacial score (nSPS) is 11.0. The van der Waals surface area contributed by atoms with E-state index >= 15 is 0 Å². The fourth-order valence-corrected chi connectivity index (χ4v) is 5.91. The molecule has 7 heteroatoms. The summed E-state index contributed by atoms with van der Waals surface area (Å²) in [5, 5.41) is 7.27. The van der Waals surface area contributed by atoms with E-state index in [0.29, 0.717) is 48.1 Å². The zero-order chi connectivity index (χ0) is 34.7. The molecule has 254 valence electrons. The molecule has 1 amide bonds. The quantitative estimate of drug-likeness (QED) is 0.118. The third-order valence-electron chi connectivity index (χ3n) is 8.67. The minimum Gasteiger partial charge on any atom is -0.488 e. The molecule has 1 heterocycles. The van der Waals surface area contributed by atoms with Gasteiger partial charge in [-0.2, -0.15) is 0 Å². The van der Waals surface area contributed by atoms with Crippen molar-refractivity contribution in [3.63, 3.8) is 0 Å². The van der Waals surface area contributed by atoms with E-state index in [4.69, 9.17) is 14.0 Å². The number of hydrogen-bond acceptors (Lipinski definition) is 6. The Hall–Kier alpha value is -5.66. The van der Waals surface area contributed by atoms with Gasteiger partial charge in [-0.1, -0.05) is 134 Å². The number of aromatic nitrogens is 1. The molecule has 5 aromatic carbocycles. The molecule has 1 N–H and O–H groups in total.